The Morgan fingerprint density at radius 1 is 1.21 bits per heavy atom. The smallest absolute Gasteiger partial charge is 0.328 e. The van der Waals surface area contributed by atoms with Crippen LogP contribution in [0.4, 0.5) is 0 Å². The lowest BCUT2D eigenvalue weighted by molar-refractivity contribution is -0.143. The van der Waals surface area contributed by atoms with E-state index in [1.54, 1.807) is 17.4 Å². The van der Waals surface area contributed by atoms with E-state index < -0.39 is 23.8 Å². The van der Waals surface area contributed by atoms with E-state index in [4.69, 9.17) is 4.74 Å². The molecule has 0 bridgehead atoms. The molecule has 28 heavy (non-hydrogen) atoms. The molecule has 0 unspecified atom stereocenters. The molecule has 9 heteroatoms. The van der Waals surface area contributed by atoms with Crippen molar-refractivity contribution >= 4 is 23.1 Å². The van der Waals surface area contributed by atoms with Crippen molar-refractivity contribution in [1.29, 1.82) is 0 Å². The second-order valence-corrected chi connectivity index (χ2v) is 7.30. The van der Waals surface area contributed by atoms with Crippen LogP contribution in [0.1, 0.15) is 26.6 Å². The van der Waals surface area contributed by atoms with E-state index in [0.717, 1.165) is 22.0 Å². The molecule has 3 aromatic rings. The van der Waals surface area contributed by atoms with Crippen molar-refractivity contribution in [3.05, 3.63) is 78.5 Å². The largest absolute Gasteiger partial charge is 0.456 e. The van der Waals surface area contributed by atoms with Crippen LogP contribution in [0.3, 0.4) is 0 Å². The molecule has 3 aromatic heterocycles. The molecule has 0 spiro atoms. The van der Waals surface area contributed by atoms with Crippen molar-refractivity contribution in [3.8, 4) is 0 Å². The summed E-state index contributed by atoms with van der Waals surface area (Å²) in [4.78, 5) is 50.3. The number of aromatic amines is 1. The molecule has 3 rings (SSSR count). The Hall–Kier alpha value is -3.20. The van der Waals surface area contributed by atoms with Crippen LogP contribution in [-0.2, 0) is 22.6 Å². The molecular formula is C19H19N3O5S. The number of aryl methyl sites for hydroxylation is 1. The second kappa shape index (κ2) is 8.22. The average Bonchev–Trinajstić information content (AvgIpc) is 3.26. The summed E-state index contributed by atoms with van der Waals surface area (Å²) in [5, 5.41) is 2.00. The predicted molar refractivity (Wildman–Crippen MR) is 104 cm³/mol. The average molecular weight is 401 g/mol. The Kier molecular flexibility index (Phi) is 5.74. The highest BCUT2D eigenvalue weighted by Crippen LogP contribution is 2.19. The number of rotatable bonds is 7. The fourth-order valence-corrected chi connectivity index (χ4v) is 3.56. The lowest BCUT2D eigenvalue weighted by Gasteiger charge is -2.09. The monoisotopic (exact) mass is 401 g/mol. The lowest BCUT2D eigenvalue weighted by atomic mass is 10.1. The van der Waals surface area contributed by atoms with Crippen LogP contribution < -0.4 is 11.2 Å². The summed E-state index contributed by atoms with van der Waals surface area (Å²) in [6.07, 6.45) is 1.20. The Balaban J connectivity index is 1.64. The van der Waals surface area contributed by atoms with Crippen LogP contribution in [-0.4, -0.2) is 32.5 Å². The molecule has 0 saturated heterocycles. The number of ketones is 1. The van der Waals surface area contributed by atoms with Gasteiger partial charge in [-0.05, 0) is 31.4 Å². The molecule has 146 valence electrons. The lowest BCUT2D eigenvalue weighted by Crippen LogP contribution is -2.31. The van der Waals surface area contributed by atoms with Crippen molar-refractivity contribution in [2.75, 3.05) is 6.61 Å². The zero-order valence-corrected chi connectivity index (χ0v) is 16.2. The van der Waals surface area contributed by atoms with Crippen molar-refractivity contribution in [1.82, 2.24) is 14.1 Å². The summed E-state index contributed by atoms with van der Waals surface area (Å²) in [5.74, 6) is -1.05. The zero-order chi connectivity index (χ0) is 20.3. The summed E-state index contributed by atoms with van der Waals surface area (Å²) in [5.41, 5.74) is 0.989. The number of hydrogen-bond donors (Lipinski definition) is 1. The first-order chi connectivity index (χ1) is 13.3. The standard InChI is InChI=1S/C19H19N3O5S/c1-12-8-15(13(2)22(12)9-14-4-3-7-28-14)16(23)11-27-18(25)10-21-6-5-17(24)20-19(21)26/h3-8H,9-11H2,1-2H3,(H,20,24,26). The van der Waals surface area contributed by atoms with Gasteiger partial charge >= 0.3 is 11.7 Å². The summed E-state index contributed by atoms with van der Waals surface area (Å²) in [7, 11) is 0. The molecule has 0 aliphatic rings. The normalized spacial score (nSPS) is 10.8. The topological polar surface area (TPSA) is 103 Å². The number of H-pyrrole nitrogens is 1. The third kappa shape index (κ3) is 4.37. The fourth-order valence-electron chi connectivity index (χ4n) is 2.86. The molecule has 8 nitrogen and oxygen atoms in total. The number of hydrogen-bond acceptors (Lipinski definition) is 6. The quantitative estimate of drug-likeness (QED) is 0.477. The summed E-state index contributed by atoms with van der Waals surface area (Å²) in [6.45, 7) is 3.65. The molecule has 0 amide bonds. The highest BCUT2D eigenvalue weighted by molar-refractivity contribution is 7.09. The predicted octanol–water partition coefficient (Wildman–Crippen LogP) is 1.49. The Morgan fingerprint density at radius 3 is 2.68 bits per heavy atom. The molecule has 0 aromatic carbocycles. The maximum atomic E-state index is 12.5. The van der Waals surface area contributed by atoms with Gasteiger partial charge in [-0.1, -0.05) is 6.07 Å². The van der Waals surface area contributed by atoms with Gasteiger partial charge in [0.05, 0.1) is 6.54 Å². The van der Waals surface area contributed by atoms with Gasteiger partial charge in [0.2, 0.25) is 5.78 Å². The van der Waals surface area contributed by atoms with Gasteiger partial charge in [0, 0.05) is 34.1 Å². The van der Waals surface area contributed by atoms with Gasteiger partial charge in [-0.25, -0.2) is 4.79 Å². The molecule has 0 fully saturated rings. The molecule has 0 aliphatic heterocycles. The summed E-state index contributed by atoms with van der Waals surface area (Å²) in [6, 6.07) is 6.92. The summed E-state index contributed by atoms with van der Waals surface area (Å²) < 4.78 is 8.05. The van der Waals surface area contributed by atoms with E-state index in [-0.39, 0.29) is 12.3 Å². The Morgan fingerprint density at radius 2 is 2.00 bits per heavy atom. The van der Waals surface area contributed by atoms with Crippen molar-refractivity contribution in [3.63, 3.8) is 0 Å². The number of thiophene rings is 1. The third-order valence-corrected chi connectivity index (χ3v) is 5.19. The minimum atomic E-state index is -0.741. The van der Waals surface area contributed by atoms with Crippen molar-refractivity contribution < 1.29 is 14.3 Å². The van der Waals surface area contributed by atoms with Gasteiger partial charge in [0.25, 0.3) is 5.56 Å². The number of carbonyl (C=O) groups is 2. The van der Waals surface area contributed by atoms with Crippen LogP contribution in [0.15, 0.2) is 45.4 Å². The van der Waals surface area contributed by atoms with E-state index >= 15 is 0 Å². The molecule has 0 radical (unpaired) electrons. The van der Waals surface area contributed by atoms with E-state index in [2.05, 4.69) is 0 Å². The number of nitrogens with one attached hydrogen (secondary N) is 1. The molecule has 1 N–H and O–H groups in total. The maximum Gasteiger partial charge on any atom is 0.328 e. The van der Waals surface area contributed by atoms with E-state index in [1.807, 2.05) is 40.9 Å². The Bertz CT molecular complexity index is 1120. The number of Topliss-reactive ketones (excluding diaryl/α,β-unsaturated/α-hetero) is 1. The SMILES string of the molecule is Cc1cc(C(=O)COC(=O)Cn2ccc(=O)[nH]c2=O)c(C)n1Cc1cccs1. The fraction of sp³-hybridized carbons (Fsp3) is 0.263. The minimum absolute atomic E-state index is 0.312. The van der Waals surface area contributed by atoms with Gasteiger partial charge < -0.3 is 9.30 Å². The number of esters is 1. The molecular weight excluding hydrogens is 382 g/mol. The van der Waals surface area contributed by atoms with Gasteiger partial charge in [-0.2, -0.15) is 0 Å². The number of aromatic nitrogens is 3. The highest BCUT2D eigenvalue weighted by Gasteiger charge is 2.18. The first-order valence-corrected chi connectivity index (χ1v) is 9.41. The van der Waals surface area contributed by atoms with Crippen molar-refractivity contribution in [2.24, 2.45) is 0 Å². The van der Waals surface area contributed by atoms with Crippen LogP contribution in [0, 0.1) is 13.8 Å². The van der Waals surface area contributed by atoms with Gasteiger partial charge in [0.15, 0.2) is 6.61 Å². The van der Waals surface area contributed by atoms with Crippen LogP contribution in [0.25, 0.3) is 0 Å². The first-order valence-electron chi connectivity index (χ1n) is 8.53. The van der Waals surface area contributed by atoms with Gasteiger partial charge in [-0.15, -0.1) is 11.3 Å². The maximum absolute atomic E-state index is 12.5. The van der Waals surface area contributed by atoms with E-state index in [1.165, 1.54) is 11.1 Å². The highest BCUT2D eigenvalue weighted by atomic mass is 32.1. The van der Waals surface area contributed by atoms with Gasteiger partial charge in [-0.3, -0.25) is 23.9 Å². The van der Waals surface area contributed by atoms with Crippen LogP contribution in [0.2, 0.25) is 0 Å². The minimum Gasteiger partial charge on any atom is -0.456 e. The molecule has 0 atom stereocenters. The molecule has 0 aliphatic carbocycles. The number of ether oxygens (including phenoxy) is 1. The zero-order valence-electron chi connectivity index (χ0n) is 15.4. The molecule has 0 saturated carbocycles. The van der Waals surface area contributed by atoms with E-state index in [9.17, 15) is 19.2 Å². The number of carbonyl (C=O) groups excluding carboxylic acids is 2. The van der Waals surface area contributed by atoms with Crippen LogP contribution in [0.5, 0.6) is 0 Å². The Labute approximate surface area is 164 Å². The van der Waals surface area contributed by atoms with Crippen LogP contribution >= 0.6 is 11.3 Å². The molecule has 3 heterocycles. The summed E-state index contributed by atoms with van der Waals surface area (Å²) >= 11 is 1.64. The third-order valence-electron chi connectivity index (χ3n) is 4.33. The van der Waals surface area contributed by atoms with Crippen molar-refractivity contribution in [2.45, 2.75) is 26.9 Å². The number of nitrogens with zero attached hydrogens (tertiary/aromatic N) is 2. The first kappa shape index (κ1) is 19.6. The van der Waals surface area contributed by atoms with E-state index in [0.29, 0.717) is 12.1 Å². The van der Waals surface area contributed by atoms with Gasteiger partial charge in [0.1, 0.15) is 6.54 Å². The second-order valence-electron chi connectivity index (χ2n) is 6.27.